The summed E-state index contributed by atoms with van der Waals surface area (Å²) in [6, 6.07) is 0. The summed E-state index contributed by atoms with van der Waals surface area (Å²) in [5.41, 5.74) is 3.27. The molecule has 0 aromatic heterocycles. The molecule has 6 atom stereocenters. The zero-order valence-corrected chi connectivity index (χ0v) is 17.7. The molecule has 0 bridgehead atoms. The SMILES string of the molecule is CN(C)CCO/N=C1\C=C2CC[C@@H]3[C@H](CC[C@]4(C)C(O)CC[C@@H]34)[C@@]2(C)CC1. The Labute approximate surface area is 165 Å². The van der Waals surface area contributed by atoms with Crippen LogP contribution in [0.1, 0.15) is 65.2 Å². The van der Waals surface area contributed by atoms with Gasteiger partial charge in [-0.3, -0.25) is 0 Å². The van der Waals surface area contributed by atoms with Crippen molar-refractivity contribution >= 4 is 5.71 Å². The van der Waals surface area contributed by atoms with Crippen molar-refractivity contribution in [3.05, 3.63) is 11.6 Å². The Morgan fingerprint density at radius 2 is 1.93 bits per heavy atom. The lowest BCUT2D eigenvalue weighted by atomic mass is 9.47. The molecule has 3 saturated carbocycles. The number of allylic oxidation sites excluding steroid dienone is 2. The van der Waals surface area contributed by atoms with E-state index in [9.17, 15) is 5.11 Å². The maximum Gasteiger partial charge on any atom is 0.129 e. The van der Waals surface area contributed by atoms with E-state index in [-0.39, 0.29) is 11.5 Å². The van der Waals surface area contributed by atoms with Gasteiger partial charge in [-0.25, -0.2) is 0 Å². The predicted octanol–water partition coefficient (Wildman–Crippen LogP) is 4.24. The van der Waals surface area contributed by atoms with Crippen molar-refractivity contribution in [1.29, 1.82) is 0 Å². The van der Waals surface area contributed by atoms with Gasteiger partial charge >= 0.3 is 0 Å². The number of oxime groups is 1. The first kappa shape index (κ1) is 19.4. The van der Waals surface area contributed by atoms with Gasteiger partial charge in [0.25, 0.3) is 0 Å². The molecule has 4 nitrogen and oxygen atoms in total. The number of hydrogen-bond acceptors (Lipinski definition) is 4. The van der Waals surface area contributed by atoms with Gasteiger partial charge in [0.2, 0.25) is 0 Å². The van der Waals surface area contributed by atoms with Crippen LogP contribution in [-0.4, -0.2) is 49.1 Å². The van der Waals surface area contributed by atoms with Crippen molar-refractivity contribution in [2.24, 2.45) is 33.7 Å². The molecule has 0 saturated heterocycles. The number of fused-ring (bicyclic) bond motifs is 5. The summed E-state index contributed by atoms with van der Waals surface area (Å²) >= 11 is 0. The maximum atomic E-state index is 10.6. The lowest BCUT2D eigenvalue weighted by Crippen LogP contribution is -2.51. The summed E-state index contributed by atoms with van der Waals surface area (Å²) < 4.78 is 0. The Hall–Kier alpha value is -0.870. The first-order valence-corrected chi connectivity index (χ1v) is 11.1. The molecule has 0 heterocycles. The van der Waals surface area contributed by atoms with E-state index < -0.39 is 0 Å². The average molecular weight is 375 g/mol. The largest absolute Gasteiger partial charge is 0.394 e. The Morgan fingerprint density at radius 3 is 2.70 bits per heavy atom. The third-order valence-electron chi connectivity index (χ3n) is 8.74. The van der Waals surface area contributed by atoms with E-state index in [0.717, 1.165) is 42.9 Å². The molecule has 0 aromatic rings. The lowest BCUT2D eigenvalue weighted by molar-refractivity contribution is -0.0722. The molecule has 4 heteroatoms. The molecular formula is C23H38N2O2. The number of likely N-dealkylation sites (N-methyl/N-ethyl adjacent to an activating group) is 1. The van der Waals surface area contributed by atoms with Crippen molar-refractivity contribution in [3.63, 3.8) is 0 Å². The fraction of sp³-hybridized carbons (Fsp3) is 0.870. The van der Waals surface area contributed by atoms with Gasteiger partial charge in [-0.2, -0.15) is 0 Å². The second-order valence-electron chi connectivity index (χ2n) is 10.4. The van der Waals surface area contributed by atoms with Crippen LogP contribution >= 0.6 is 0 Å². The van der Waals surface area contributed by atoms with Crippen LogP contribution < -0.4 is 0 Å². The standard InChI is InChI=1S/C23H38N2O2/c1-22-11-9-17(24-27-14-13-25(3)4)15-16(22)5-6-18-19-7-8-21(26)23(19,2)12-10-20(18)22/h15,18-21,26H,5-14H2,1-4H3/b24-17-/t18-,19-,20-,21?,22-,23-/m0/s1. The number of rotatable bonds is 4. The minimum Gasteiger partial charge on any atom is -0.394 e. The fourth-order valence-corrected chi connectivity index (χ4v) is 6.97. The van der Waals surface area contributed by atoms with Crippen molar-refractivity contribution in [1.82, 2.24) is 4.90 Å². The molecule has 3 fully saturated rings. The Balaban J connectivity index is 1.49. The Kier molecular flexibility index (Phi) is 5.17. The van der Waals surface area contributed by atoms with Gasteiger partial charge < -0.3 is 14.8 Å². The minimum absolute atomic E-state index is 0.0717. The highest BCUT2D eigenvalue weighted by Crippen LogP contribution is 2.65. The van der Waals surface area contributed by atoms with Gasteiger partial charge in [-0.1, -0.05) is 24.6 Å². The predicted molar refractivity (Wildman–Crippen MR) is 110 cm³/mol. The summed E-state index contributed by atoms with van der Waals surface area (Å²) in [6.07, 6.45) is 11.8. The molecule has 4 aliphatic carbocycles. The van der Waals surface area contributed by atoms with Crippen LogP contribution in [-0.2, 0) is 4.84 Å². The first-order valence-electron chi connectivity index (χ1n) is 11.1. The topological polar surface area (TPSA) is 45.1 Å². The summed E-state index contributed by atoms with van der Waals surface area (Å²) in [5.74, 6) is 2.32. The second kappa shape index (κ2) is 7.18. The fourth-order valence-electron chi connectivity index (χ4n) is 6.97. The van der Waals surface area contributed by atoms with E-state index >= 15 is 0 Å². The van der Waals surface area contributed by atoms with Crippen LogP contribution in [0.3, 0.4) is 0 Å². The van der Waals surface area contributed by atoms with Crippen molar-refractivity contribution < 1.29 is 9.94 Å². The Morgan fingerprint density at radius 1 is 1.11 bits per heavy atom. The molecule has 1 N–H and O–H groups in total. The van der Waals surface area contributed by atoms with E-state index in [4.69, 9.17) is 4.84 Å². The summed E-state index contributed by atoms with van der Waals surface area (Å²) in [4.78, 5) is 7.68. The molecule has 0 aliphatic heterocycles. The van der Waals surface area contributed by atoms with Gasteiger partial charge in [0, 0.05) is 6.54 Å². The van der Waals surface area contributed by atoms with Gasteiger partial charge in [0.05, 0.1) is 11.8 Å². The van der Waals surface area contributed by atoms with Crippen LogP contribution in [0.5, 0.6) is 0 Å². The summed E-state index contributed by atoms with van der Waals surface area (Å²) in [6.45, 7) is 6.45. The highest BCUT2D eigenvalue weighted by atomic mass is 16.6. The Bertz CT molecular complexity index is 628. The zero-order valence-electron chi connectivity index (χ0n) is 17.7. The normalized spacial score (nSPS) is 45.3. The zero-order chi connectivity index (χ0) is 19.2. The number of aliphatic hydroxyl groups is 1. The molecule has 1 unspecified atom stereocenters. The van der Waals surface area contributed by atoms with E-state index in [1.165, 1.54) is 38.5 Å². The molecule has 4 aliphatic rings. The van der Waals surface area contributed by atoms with E-state index in [1.807, 2.05) is 0 Å². The molecular weight excluding hydrogens is 336 g/mol. The first-order chi connectivity index (χ1) is 12.8. The quantitative estimate of drug-likeness (QED) is 0.591. The van der Waals surface area contributed by atoms with E-state index in [2.05, 4.69) is 44.1 Å². The third-order valence-corrected chi connectivity index (χ3v) is 8.74. The maximum absolute atomic E-state index is 10.6. The van der Waals surface area contributed by atoms with Crippen LogP contribution in [0.15, 0.2) is 16.8 Å². The van der Waals surface area contributed by atoms with Gasteiger partial charge in [0.1, 0.15) is 6.61 Å². The molecule has 0 spiro atoms. The van der Waals surface area contributed by atoms with Crippen LogP contribution in [0.4, 0.5) is 0 Å². The van der Waals surface area contributed by atoms with Gasteiger partial charge in [-0.05, 0) is 100 Å². The van der Waals surface area contributed by atoms with Crippen LogP contribution in [0, 0.1) is 28.6 Å². The molecule has 4 rings (SSSR count). The summed E-state index contributed by atoms with van der Waals surface area (Å²) in [5, 5.41) is 15.0. The highest BCUT2D eigenvalue weighted by Gasteiger charge is 2.58. The van der Waals surface area contributed by atoms with Crippen LogP contribution in [0.25, 0.3) is 0 Å². The number of hydrogen-bond donors (Lipinski definition) is 1. The van der Waals surface area contributed by atoms with Crippen molar-refractivity contribution in [2.45, 2.75) is 71.3 Å². The van der Waals surface area contributed by atoms with Gasteiger partial charge in [-0.15, -0.1) is 0 Å². The van der Waals surface area contributed by atoms with E-state index in [1.54, 1.807) is 5.57 Å². The molecule has 152 valence electrons. The monoisotopic (exact) mass is 374 g/mol. The van der Waals surface area contributed by atoms with Crippen molar-refractivity contribution in [2.75, 3.05) is 27.2 Å². The minimum atomic E-state index is -0.0717. The van der Waals surface area contributed by atoms with Crippen molar-refractivity contribution in [3.8, 4) is 0 Å². The molecule has 0 aromatic carbocycles. The summed E-state index contributed by atoms with van der Waals surface area (Å²) in [7, 11) is 4.11. The van der Waals surface area contributed by atoms with Gasteiger partial charge in [0.15, 0.2) is 0 Å². The third kappa shape index (κ3) is 3.27. The average Bonchev–Trinajstić information content (AvgIpc) is 2.94. The highest BCUT2D eigenvalue weighted by molar-refractivity contribution is 5.96. The smallest absolute Gasteiger partial charge is 0.129 e. The number of aliphatic hydroxyl groups excluding tert-OH is 1. The number of nitrogens with zero attached hydrogens (tertiary/aromatic N) is 2. The molecule has 0 radical (unpaired) electrons. The lowest BCUT2D eigenvalue weighted by Gasteiger charge is -2.57. The second-order valence-corrected chi connectivity index (χ2v) is 10.4. The van der Waals surface area contributed by atoms with E-state index in [0.29, 0.717) is 12.0 Å². The van der Waals surface area contributed by atoms with Crippen LogP contribution in [0.2, 0.25) is 0 Å². The molecule has 0 amide bonds. The molecule has 27 heavy (non-hydrogen) atoms.